The molecule has 7 nitrogen and oxygen atoms in total. The van der Waals surface area contributed by atoms with Crippen molar-refractivity contribution in [1.82, 2.24) is 20.2 Å². The van der Waals surface area contributed by atoms with E-state index in [1.54, 1.807) is 15.9 Å². The van der Waals surface area contributed by atoms with E-state index in [9.17, 15) is 14.4 Å². The molecule has 28 heavy (non-hydrogen) atoms. The smallest absolute Gasteiger partial charge is 0.263 e. The number of thiophene rings is 1. The standard InChI is InChI=1S/C19H26N4O3S2/c1-4-20-14(24)9-21-15(25)10-27-19-22-17-16(18(26)23(19)5-2)12-7-6-11(3)8-13(12)28-17/h11H,4-10H2,1-3H3,(H,20,24)(H,21,25)/t11-/m0/s1. The second-order valence-electron chi connectivity index (χ2n) is 6.99. The van der Waals surface area contributed by atoms with Gasteiger partial charge >= 0.3 is 0 Å². The first-order chi connectivity index (χ1) is 13.4. The van der Waals surface area contributed by atoms with E-state index >= 15 is 0 Å². The minimum absolute atomic E-state index is 0.00946. The summed E-state index contributed by atoms with van der Waals surface area (Å²) >= 11 is 2.85. The van der Waals surface area contributed by atoms with Crippen molar-refractivity contribution < 1.29 is 9.59 Å². The van der Waals surface area contributed by atoms with Crippen molar-refractivity contribution in [2.24, 2.45) is 5.92 Å². The Hall–Kier alpha value is -1.87. The summed E-state index contributed by atoms with van der Waals surface area (Å²) in [5.74, 6) is 0.271. The van der Waals surface area contributed by atoms with Crippen LogP contribution in [-0.2, 0) is 29.0 Å². The average molecular weight is 423 g/mol. The Morgan fingerprint density at radius 1 is 1.29 bits per heavy atom. The number of carbonyl (C=O) groups excluding carboxylic acids is 2. The van der Waals surface area contributed by atoms with E-state index in [1.807, 2.05) is 13.8 Å². The fourth-order valence-corrected chi connectivity index (χ4v) is 5.73. The molecule has 2 N–H and O–H groups in total. The third-order valence-electron chi connectivity index (χ3n) is 4.85. The van der Waals surface area contributed by atoms with Gasteiger partial charge in [0.2, 0.25) is 11.8 Å². The highest BCUT2D eigenvalue weighted by molar-refractivity contribution is 7.99. The molecule has 9 heteroatoms. The Labute approximate surface area is 172 Å². The van der Waals surface area contributed by atoms with Gasteiger partial charge in [-0.25, -0.2) is 4.98 Å². The van der Waals surface area contributed by atoms with Crippen LogP contribution < -0.4 is 16.2 Å². The normalized spacial score (nSPS) is 16.0. The lowest BCUT2D eigenvalue weighted by Gasteiger charge is -2.17. The van der Waals surface area contributed by atoms with Crippen LogP contribution in [0.25, 0.3) is 10.2 Å². The molecular formula is C19H26N4O3S2. The van der Waals surface area contributed by atoms with E-state index in [1.165, 1.54) is 22.2 Å². The predicted octanol–water partition coefficient (Wildman–Crippen LogP) is 1.95. The molecule has 1 aliphatic rings. The van der Waals surface area contributed by atoms with Crippen LogP contribution in [0.15, 0.2) is 9.95 Å². The number of likely N-dealkylation sites (N-methyl/N-ethyl adjacent to an activating group) is 1. The van der Waals surface area contributed by atoms with Gasteiger partial charge in [0.05, 0.1) is 17.7 Å². The molecule has 0 saturated carbocycles. The van der Waals surface area contributed by atoms with Crippen LogP contribution in [0.1, 0.15) is 37.6 Å². The van der Waals surface area contributed by atoms with Gasteiger partial charge in [-0.05, 0) is 44.6 Å². The maximum absolute atomic E-state index is 13.1. The highest BCUT2D eigenvalue weighted by Gasteiger charge is 2.24. The fourth-order valence-electron chi connectivity index (χ4n) is 3.41. The minimum Gasteiger partial charge on any atom is -0.355 e. The summed E-state index contributed by atoms with van der Waals surface area (Å²) in [7, 11) is 0. The van der Waals surface area contributed by atoms with Crippen molar-refractivity contribution in [3.63, 3.8) is 0 Å². The van der Waals surface area contributed by atoms with Gasteiger partial charge < -0.3 is 10.6 Å². The molecule has 2 aromatic rings. The Morgan fingerprint density at radius 2 is 2.07 bits per heavy atom. The van der Waals surface area contributed by atoms with Crippen LogP contribution >= 0.6 is 23.1 Å². The number of amides is 2. The monoisotopic (exact) mass is 422 g/mol. The van der Waals surface area contributed by atoms with Gasteiger partial charge in [0.1, 0.15) is 4.83 Å². The Bertz CT molecular complexity index is 951. The molecule has 1 aliphatic carbocycles. The topological polar surface area (TPSA) is 93.1 Å². The third kappa shape index (κ3) is 4.41. The van der Waals surface area contributed by atoms with E-state index in [0.29, 0.717) is 24.2 Å². The number of hydrogen-bond acceptors (Lipinski definition) is 6. The van der Waals surface area contributed by atoms with E-state index in [4.69, 9.17) is 4.98 Å². The van der Waals surface area contributed by atoms with E-state index in [0.717, 1.165) is 29.5 Å². The molecule has 0 bridgehead atoms. The highest BCUT2D eigenvalue weighted by Crippen LogP contribution is 2.36. The SMILES string of the molecule is CCNC(=O)CNC(=O)CSc1nc2sc3c(c2c(=O)n1CC)CC[C@H](C)C3. The number of carbonyl (C=O) groups is 2. The molecule has 2 heterocycles. The molecule has 0 unspecified atom stereocenters. The molecule has 0 radical (unpaired) electrons. The van der Waals surface area contributed by atoms with Gasteiger partial charge in [-0.2, -0.15) is 0 Å². The Balaban J connectivity index is 1.79. The first kappa shape index (κ1) is 20.9. The zero-order valence-electron chi connectivity index (χ0n) is 16.5. The minimum atomic E-state index is -0.257. The quantitative estimate of drug-likeness (QED) is 0.525. The zero-order valence-corrected chi connectivity index (χ0v) is 18.1. The predicted molar refractivity (Wildman–Crippen MR) is 113 cm³/mol. The van der Waals surface area contributed by atoms with Gasteiger partial charge in [-0.1, -0.05) is 18.7 Å². The summed E-state index contributed by atoms with van der Waals surface area (Å²) in [4.78, 5) is 43.4. The summed E-state index contributed by atoms with van der Waals surface area (Å²) in [5, 5.41) is 6.54. The van der Waals surface area contributed by atoms with Crippen molar-refractivity contribution in [3.8, 4) is 0 Å². The second kappa shape index (κ2) is 9.09. The number of hydrogen-bond donors (Lipinski definition) is 2. The molecule has 0 spiro atoms. The van der Waals surface area contributed by atoms with Crippen molar-refractivity contribution in [2.75, 3.05) is 18.8 Å². The number of fused-ring (bicyclic) bond motifs is 3. The van der Waals surface area contributed by atoms with E-state index in [-0.39, 0.29) is 29.7 Å². The van der Waals surface area contributed by atoms with Crippen molar-refractivity contribution in [1.29, 1.82) is 0 Å². The Morgan fingerprint density at radius 3 is 2.79 bits per heavy atom. The largest absolute Gasteiger partial charge is 0.355 e. The average Bonchev–Trinajstić information content (AvgIpc) is 3.02. The lowest BCUT2D eigenvalue weighted by atomic mass is 9.89. The maximum Gasteiger partial charge on any atom is 0.263 e. The summed E-state index contributed by atoms with van der Waals surface area (Å²) in [6, 6.07) is 0. The lowest BCUT2D eigenvalue weighted by Crippen LogP contribution is -2.37. The number of aromatic nitrogens is 2. The van der Waals surface area contributed by atoms with Gasteiger partial charge in [-0.3, -0.25) is 19.0 Å². The molecular weight excluding hydrogens is 396 g/mol. The van der Waals surface area contributed by atoms with Gasteiger partial charge in [0.15, 0.2) is 5.16 Å². The molecule has 1 atom stereocenters. The number of rotatable bonds is 7. The third-order valence-corrected chi connectivity index (χ3v) is 6.97. The fraction of sp³-hybridized carbons (Fsp3) is 0.579. The van der Waals surface area contributed by atoms with Crippen LogP contribution in [-0.4, -0.2) is 40.2 Å². The zero-order chi connectivity index (χ0) is 20.3. The summed E-state index contributed by atoms with van der Waals surface area (Å²) in [6.45, 7) is 6.97. The molecule has 0 saturated heterocycles. The second-order valence-corrected chi connectivity index (χ2v) is 9.02. The summed E-state index contributed by atoms with van der Waals surface area (Å²) in [6.07, 6.45) is 3.05. The molecule has 3 rings (SSSR count). The van der Waals surface area contributed by atoms with E-state index < -0.39 is 0 Å². The van der Waals surface area contributed by atoms with Crippen LogP contribution in [0.4, 0.5) is 0 Å². The van der Waals surface area contributed by atoms with E-state index in [2.05, 4.69) is 17.6 Å². The molecule has 2 aromatic heterocycles. The number of nitrogens with zero attached hydrogens (tertiary/aromatic N) is 2. The van der Waals surface area contributed by atoms with Crippen LogP contribution in [0.2, 0.25) is 0 Å². The lowest BCUT2D eigenvalue weighted by molar-refractivity contribution is -0.124. The first-order valence-electron chi connectivity index (χ1n) is 9.65. The van der Waals surface area contributed by atoms with Gasteiger partial charge in [-0.15, -0.1) is 11.3 Å². The molecule has 0 fully saturated rings. The van der Waals surface area contributed by atoms with Crippen LogP contribution in [0, 0.1) is 5.92 Å². The van der Waals surface area contributed by atoms with Crippen molar-refractivity contribution in [2.45, 2.75) is 51.7 Å². The number of thioether (sulfide) groups is 1. The summed E-state index contributed by atoms with van der Waals surface area (Å²) in [5.41, 5.74) is 1.17. The maximum atomic E-state index is 13.1. The van der Waals surface area contributed by atoms with Crippen LogP contribution in [0.3, 0.4) is 0 Å². The van der Waals surface area contributed by atoms with Crippen molar-refractivity contribution >= 4 is 45.1 Å². The number of nitrogens with one attached hydrogen (secondary N) is 2. The molecule has 0 aromatic carbocycles. The first-order valence-corrected chi connectivity index (χ1v) is 11.5. The van der Waals surface area contributed by atoms with Gasteiger partial charge in [0, 0.05) is 18.0 Å². The molecule has 2 amide bonds. The molecule has 152 valence electrons. The Kier molecular flexibility index (Phi) is 6.77. The van der Waals surface area contributed by atoms with Crippen molar-refractivity contribution in [3.05, 3.63) is 20.8 Å². The molecule has 0 aliphatic heterocycles. The summed E-state index contributed by atoms with van der Waals surface area (Å²) < 4.78 is 1.65. The van der Waals surface area contributed by atoms with Crippen LogP contribution in [0.5, 0.6) is 0 Å². The number of aryl methyl sites for hydroxylation is 1. The highest BCUT2D eigenvalue weighted by atomic mass is 32.2. The van der Waals surface area contributed by atoms with Gasteiger partial charge in [0.25, 0.3) is 5.56 Å².